The van der Waals surface area contributed by atoms with Gasteiger partial charge in [-0.2, -0.15) is 0 Å². The van der Waals surface area contributed by atoms with Crippen molar-refractivity contribution in [1.82, 2.24) is 5.32 Å². The van der Waals surface area contributed by atoms with Gasteiger partial charge in [0.1, 0.15) is 0 Å². The van der Waals surface area contributed by atoms with Gasteiger partial charge in [-0.05, 0) is 44.9 Å². The lowest BCUT2D eigenvalue weighted by Crippen LogP contribution is -2.39. The summed E-state index contributed by atoms with van der Waals surface area (Å²) >= 11 is 0. The molecule has 1 aliphatic carbocycles. The minimum atomic E-state index is -0.726. The summed E-state index contributed by atoms with van der Waals surface area (Å²) in [4.78, 5) is 22.9. The highest BCUT2D eigenvalue weighted by Gasteiger charge is 2.28. The van der Waals surface area contributed by atoms with E-state index in [1.807, 2.05) is 20.8 Å². The Balaban J connectivity index is 2.31. The Morgan fingerprint density at radius 2 is 1.86 bits per heavy atom. The summed E-state index contributed by atoms with van der Waals surface area (Å²) in [6, 6.07) is 0.324. The Kier molecular flexibility index (Phi) is 7.72. The molecule has 0 aromatic rings. The molecule has 0 saturated heterocycles. The zero-order valence-electron chi connectivity index (χ0n) is 13.4. The monoisotopic (exact) mass is 299 g/mol. The number of rotatable bonds is 8. The van der Waals surface area contributed by atoms with Crippen molar-refractivity contribution in [2.24, 2.45) is 17.8 Å². The van der Waals surface area contributed by atoms with E-state index in [9.17, 15) is 14.7 Å². The van der Waals surface area contributed by atoms with Gasteiger partial charge in [0.25, 0.3) is 0 Å². The number of carbonyl (C=O) groups is 2. The Morgan fingerprint density at radius 1 is 1.24 bits per heavy atom. The van der Waals surface area contributed by atoms with E-state index >= 15 is 0 Å². The van der Waals surface area contributed by atoms with E-state index in [2.05, 4.69) is 5.32 Å². The molecule has 0 bridgehead atoms. The van der Waals surface area contributed by atoms with Crippen molar-refractivity contribution in [2.75, 3.05) is 13.2 Å². The molecule has 0 heterocycles. The molecule has 1 atom stereocenters. The summed E-state index contributed by atoms with van der Waals surface area (Å²) in [5.41, 5.74) is 0. The van der Waals surface area contributed by atoms with E-state index in [-0.39, 0.29) is 17.8 Å². The first-order valence-electron chi connectivity index (χ1n) is 8.06. The third-order valence-corrected chi connectivity index (χ3v) is 4.11. The Morgan fingerprint density at radius 3 is 2.33 bits per heavy atom. The van der Waals surface area contributed by atoms with Crippen molar-refractivity contribution in [3.63, 3.8) is 0 Å². The number of nitrogens with one attached hydrogen (secondary N) is 1. The van der Waals surface area contributed by atoms with Gasteiger partial charge in [0.2, 0.25) is 0 Å². The molecule has 0 aromatic heterocycles. The van der Waals surface area contributed by atoms with Crippen LogP contribution >= 0.6 is 0 Å². The average molecular weight is 299 g/mol. The van der Waals surface area contributed by atoms with Crippen LogP contribution < -0.4 is 5.32 Å². The molecular weight excluding hydrogens is 270 g/mol. The fourth-order valence-corrected chi connectivity index (χ4v) is 2.94. The van der Waals surface area contributed by atoms with E-state index in [1.54, 1.807) is 0 Å². The van der Waals surface area contributed by atoms with Crippen LogP contribution in [0, 0.1) is 17.8 Å². The molecule has 21 heavy (non-hydrogen) atoms. The maximum absolute atomic E-state index is 11.7. The smallest absolute Gasteiger partial charge is 0.308 e. The molecule has 5 nitrogen and oxygen atoms in total. The second-order valence-corrected chi connectivity index (χ2v) is 6.37. The van der Waals surface area contributed by atoms with Crippen LogP contribution in [-0.4, -0.2) is 36.2 Å². The fraction of sp³-hybridized carbons (Fsp3) is 0.875. The SMILES string of the molecule is CCOC(=O)C1CCC(NCC(CC(C)C)C(=O)O)CC1. The molecule has 1 unspecified atom stereocenters. The topological polar surface area (TPSA) is 75.6 Å². The zero-order valence-corrected chi connectivity index (χ0v) is 13.4. The lowest BCUT2D eigenvalue weighted by molar-refractivity contribution is -0.149. The van der Waals surface area contributed by atoms with Gasteiger partial charge in [0.15, 0.2) is 0 Å². The molecule has 122 valence electrons. The van der Waals surface area contributed by atoms with Crippen LogP contribution in [-0.2, 0) is 14.3 Å². The van der Waals surface area contributed by atoms with Crippen molar-refractivity contribution < 1.29 is 19.4 Å². The number of ether oxygens (including phenoxy) is 1. The molecule has 1 fully saturated rings. The number of esters is 1. The number of aliphatic carboxylic acids is 1. The standard InChI is InChI=1S/C16H29NO4/c1-4-21-16(20)12-5-7-14(8-6-12)17-10-13(15(18)19)9-11(2)3/h11-14,17H,4-10H2,1-3H3,(H,18,19). The van der Waals surface area contributed by atoms with E-state index < -0.39 is 5.97 Å². The summed E-state index contributed by atoms with van der Waals surface area (Å²) in [6.45, 7) is 6.86. The predicted molar refractivity (Wildman–Crippen MR) is 81.0 cm³/mol. The molecule has 1 aliphatic rings. The molecular formula is C16H29NO4. The van der Waals surface area contributed by atoms with E-state index in [4.69, 9.17) is 4.74 Å². The Labute approximate surface area is 127 Å². The van der Waals surface area contributed by atoms with Crippen LogP contribution in [0.4, 0.5) is 0 Å². The summed E-state index contributed by atoms with van der Waals surface area (Å²) in [6.07, 6.45) is 4.19. The zero-order chi connectivity index (χ0) is 15.8. The highest BCUT2D eigenvalue weighted by atomic mass is 16.5. The van der Waals surface area contributed by atoms with Gasteiger partial charge in [0, 0.05) is 12.6 Å². The Bertz CT molecular complexity index is 335. The third kappa shape index (κ3) is 6.46. The van der Waals surface area contributed by atoms with Crippen molar-refractivity contribution >= 4 is 11.9 Å². The van der Waals surface area contributed by atoms with Gasteiger partial charge in [-0.3, -0.25) is 9.59 Å². The highest BCUT2D eigenvalue weighted by molar-refractivity contribution is 5.72. The van der Waals surface area contributed by atoms with E-state index in [0.717, 1.165) is 25.7 Å². The normalized spacial score (nSPS) is 23.8. The van der Waals surface area contributed by atoms with Gasteiger partial charge < -0.3 is 15.2 Å². The summed E-state index contributed by atoms with van der Waals surface area (Å²) < 4.78 is 5.05. The first-order chi connectivity index (χ1) is 9.93. The first-order valence-corrected chi connectivity index (χ1v) is 8.06. The van der Waals surface area contributed by atoms with Crippen LogP contribution in [0.1, 0.15) is 52.9 Å². The first kappa shape index (κ1) is 18.0. The van der Waals surface area contributed by atoms with Gasteiger partial charge in [-0.15, -0.1) is 0 Å². The number of hydrogen-bond acceptors (Lipinski definition) is 4. The van der Waals surface area contributed by atoms with Gasteiger partial charge >= 0.3 is 11.9 Å². The number of carboxylic acid groups (broad SMARTS) is 1. The molecule has 0 amide bonds. The maximum Gasteiger partial charge on any atom is 0.308 e. The minimum absolute atomic E-state index is 0.0222. The van der Waals surface area contributed by atoms with Crippen molar-refractivity contribution in [3.05, 3.63) is 0 Å². The molecule has 0 spiro atoms. The lowest BCUT2D eigenvalue weighted by atomic mass is 9.85. The largest absolute Gasteiger partial charge is 0.481 e. The number of hydrogen-bond donors (Lipinski definition) is 2. The summed E-state index contributed by atoms with van der Waals surface area (Å²) in [5, 5.41) is 12.6. The Hall–Kier alpha value is -1.10. The van der Waals surface area contributed by atoms with Crippen molar-refractivity contribution in [1.29, 1.82) is 0 Å². The maximum atomic E-state index is 11.7. The van der Waals surface area contributed by atoms with Gasteiger partial charge in [-0.25, -0.2) is 0 Å². The molecule has 1 saturated carbocycles. The second-order valence-electron chi connectivity index (χ2n) is 6.37. The third-order valence-electron chi connectivity index (χ3n) is 4.11. The van der Waals surface area contributed by atoms with E-state index in [0.29, 0.717) is 31.5 Å². The number of carboxylic acids is 1. The highest BCUT2D eigenvalue weighted by Crippen LogP contribution is 2.25. The molecule has 0 radical (unpaired) electrons. The molecule has 0 aromatic carbocycles. The molecule has 1 rings (SSSR count). The van der Waals surface area contributed by atoms with Crippen molar-refractivity contribution in [3.8, 4) is 0 Å². The van der Waals surface area contributed by atoms with E-state index in [1.165, 1.54) is 0 Å². The molecule has 0 aliphatic heterocycles. The lowest BCUT2D eigenvalue weighted by Gasteiger charge is -2.29. The minimum Gasteiger partial charge on any atom is -0.481 e. The number of carbonyl (C=O) groups excluding carboxylic acids is 1. The van der Waals surface area contributed by atoms with Crippen LogP contribution in [0.3, 0.4) is 0 Å². The van der Waals surface area contributed by atoms with Crippen LogP contribution in [0.15, 0.2) is 0 Å². The van der Waals surface area contributed by atoms with Gasteiger partial charge in [-0.1, -0.05) is 13.8 Å². The molecule has 2 N–H and O–H groups in total. The van der Waals surface area contributed by atoms with Crippen molar-refractivity contribution in [2.45, 2.75) is 58.9 Å². The summed E-state index contributed by atoms with van der Waals surface area (Å²) in [7, 11) is 0. The fourth-order valence-electron chi connectivity index (χ4n) is 2.94. The quantitative estimate of drug-likeness (QED) is 0.673. The average Bonchev–Trinajstić information content (AvgIpc) is 2.43. The van der Waals surface area contributed by atoms with Gasteiger partial charge in [0.05, 0.1) is 18.4 Å². The molecule has 5 heteroatoms. The van der Waals surface area contributed by atoms with Crippen LogP contribution in [0.2, 0.25) is 0 Å². The van der Waals surface area contributed by atoms with Crippen LogP contribution in [0.5, 0.6) is 0 Å². The second kappa shape index (κ2) is 9.03. The summed E-state index contributed by atoms with van der Waals surface area (Å²) in [5.74, 6) is -0.732. The van der Waals surface area contributed by atoms with Crippen LogP contribution in [0.25, 0.3) is 0 Å². The predicted octanol–water partition coefficient (Wildman–Crippen LogP) is 2.44.